The maximum Gasteiger partial charge on any atom is 0.151 e. The molecule has 0 amide bonds. The van der Waals surface area contributed by atoms with Gasteiger partial charge >= 0.3 is 0 Å². The largest absolute Gasteiger partial charge is 0.453 e. The summed E-state index contributed by atoms with van der Waals surface area (Å²) in [5, 5.41) is 4.67. The minimum atomic E-state index is 0.842. The number of fused-ring (bicyclic) bond motifs is 4. The molecule has 160 valence electrons. The average molecular weight is 437 g/mol. The summed E-state index contributed by atoms with van der Waals surface area (Å²) in [4.78, 5) is 6.89. The summed E-state index contributed by atoms with van der Waals surface area (Å²) in [5.41, 5.74) is 5.57. The molecule has 3 nitrogen and oxygen atoms in total. The number of rotatable bonds is 2. The van der Waals surface area contributed by atoms with Crippen LogP contribution in [0.3, 0.4) is 0 Å². The van der Waals surface area contributed by atoms with Gasteiger partial charge in [-0.2, -0.15) is 0 Å². The molecule has 1 aliphatic rings. The van der Waals surface area contributed by atoms with Crippen molar-refractivity contribution < 1.29 is 4.74 Å². The first kappa shape index (κ1) is 18.9. The monoisotopic (exact) mass is 436 g/mol. The Kier molecular flexibility index (Phi) is 4.15. The molecule has 0 N–H and O–H groups in total. The van der Waals surface area contributed by atoms with Gasteiger partial charge in [-0.15, -0.1) is 0 Å². The minimum Gasteiger partial charge on any atom is -0.453 e. The first-order valence-corrected chi connectivity index (χ1v) is 11.4. The zero-order valence-electron chi connectivity index (χ0n) is 18.3. The van der Waals surface area contributed by atoms with E-state index in [4.69, 9.17) is 4.74 Å². The predicted octanol–water partition coefficient (Wildman–Crippen LogP) is 8.63. The Hall–Kier alpha value is -4.63. The predicted molar refractivity (Wildman–Crippen MR) is 139 cm³/mol. The zero-order valence-corrected chi connectivity index (χ0v) is 18.3. The Balaban J connectivity index is 1.66. The molecule has 7 rings (SSSR count). The maximum atomic E-state index is 6.29. The first-order valence-electron chi connectivity index (χ1n) is 11.4. The van der Waals surface area contributed by atoms with E-state index in [1.54, 1.807) is 0 Å². The molecule has 0 atom stereocenters. The van der Waals surface area contributed by atoms with Crippen LogP contribution in [0.4, 0.5) is 17.1 Å². The molecule has 0 saturated carbocycles. The Labute approximate surface area is 197 Å². The van der Waals surface area contributed by atoms with Gasteiger partial charge in [-0.1, -0.05) is 78.9 Å². The molecule has 3 heteroatoms. The summed E-state index contributed by atoms with van der Waals surface area (Å²) in [5.74, 6) is 1.68. The van der Waals surface area contributed by atoms with Crippen LogP contribution in [0.25, 0.3) is 32.7 Å². The maximum absolute atomic E-state index is 6.29. The van der Waals surface area contributed by atoms with Gasteiger partial charge in [-0.3, -0.25) is 4.98 Å². The summed E-state index contributed by atoms with van der Waals surface area (Å²) >= 11 is 0. The third-order valence-electron chi connectivity index (χ3n) is 6.52. The highest BCUT2D eigenvalue weighted by Gasteiger charge is 2.29. The van der Waals surface area contributed by atoms with Gasteiger partial charge in [-0.05, 0) is 52.2 Å². The van der Waals surface area contributed by atoms with Crippen molar-refractivity contribution in [2.75, 3.05) is 4.90 Å². The van der Waals surface area contributed by atoms with Crippen LogP contribution in [0.2, 0.25) is 0 Å². The molecule has 1 aliphatic heterocycles. The number of benzene rings is 5. The van der Waals surface area contributed by atoms with Crippen molar-refractivity contribution in [3.05, 3.63) is 122 Å². The number of hydrogen-bond acceptors (Lipinski definition) is 3. The zero-order chi connectivity index (χ0) is 22.5. The van der Waals surface area contributed by atoms with Crippen LogP contribution in [0, 0.1) is 0 Å². The van der Waals surface area contributed by atoms with Crippen LogP contribution in [0.15, 0.2) is 122 Å². The van der Waals surface area contributed by atoms with Gasteiger partial charge < -0.3 is 9.64 Å². The number of ether oxygens (including phenoxy) is 1. The third kappa shape index (κ3) is 2.74. The van der Waals surface area contributed by atoms with Gasteiger partial charge in [0.25, 0.3) is 0 Å². The quantitative estimate of drug-likeness (QED) is 0.254. The highest BCUT2D eigenvalue weighted by atomic mass is 16.5. The molecule has 0 fully saturated rings. The van der Waals surface area contributed by atoms with Gasteiger partial charge in [0.15, 0.2) is 11.5 Å². The highest BCUT2D eigenvalue weighted by molar-refractivity contribution is 6.22. The second kappa shape index (κ2) is 7.46. The minimum absolute atomic E-state index is 0.842. The SMILES string of the molecule is c1ccc(-c2c3ccccc3c(N3c4ccccc4Oc4ccccc43)c3cnccc23)cc1. The number of hydrogen-bond donors (Lipinski definition) is 0. The molecule has 34 heavy (non-hydrogen) atoms. The van der Waals surface area contributed by atoms with E-state index in [1.165, 1.54) is 27.3 Å². The van der Waals surface area contributed by atoms with E-state index in [0.717, 1.165) is 33.9 Å². The number of nitrogens with zero attached hydrogens (tertiary/aromatic N) is 2. The van der Waals surface area contributed by atoms with Crippen LogP contribution in [-0.4, -0.2) is 4.98 Å². The van der Waals surface area contributed by atoms with Crippen molar-refractivity contribution in [1.82, 2.24) is 4.98 Å². The van der Waals surface area contributed by atoms with Gasteiger partial charge in [0, 0.05) is 23.2 Å². The fraction of sp³-hybridized carbons (Fsp3) is 0. The fourth-order valence-electron chi connectivity index (χ4n) is 5.10. The lowest BCUT2D eigenvalue weighted by atomic mass is 9.90. The van der Waals surface area contributed by atoms with E-state index in [1.807, 2.05) is 36.7 Å². The smallest absolute Gasteiger partial charge is 0.151 e. The van der Waals surface area contributed by atoms with Crippen LogP contribution in [0.1, 0.15) is 0 Å². The molecule has 0 saturated heterocycles. The number of pyridine rings is 1. The molecule has 0 unspecified atom stereocenters. The van der Waals surface area contributed by atoms with Crippen molar-refractivity contribution in [1.29, 1.82) is 0 Å². The Morgan fingerprint density at radius 2 is 1.12 bits per heavy atom. The van der Waals surface area contributed by atoms with Crippen LogP contribution < -0.4 is 9.64 Å². The molecule has 0 spiro atoms. The summed E-state index contributed by atoms with van der Waals surface area (Å²) in [7, 11) is 0. The average Bonchev–Trinajstić information content (AvgIpc) is 2.91. The van der Waals surface area contributed by atoms with Gasteiger partial charge in [-0.25, -0.2) is 0 Å². The van der Waals surface area contributed by atoms with E-state index in [-0.39, 0.29) is 0 Å². The normalized spacial score (nSPS) is 12.3. The molecule has 0 bridgehead atoms. The molecule has 0 radical (unpaired) electrons. The molecule has 1 aromatic heterocycles. The number of anilines is 3. The third-order valence-corrected chi connectivity index (χ3v) is 6.52. The van der Waals surface area contributed by atoms with Gasteiger partial charge in [0.1, 0.15) is 0 Å². The fourth-order valence-corrected chi connectivity index (χ4v) is 5.10. The van der Waals surface area contributed by atoms with Gasteiger partial charge in [0.2, 0.25) is 0 Å². The molecule has 5 aromatic carbocycles. The standard InChI is InChI=1S/C31H20N2O/c1-2-10-21(11-3-1)30-22-12-4-5-13-24(22)31(25-20-32-19-18-23(25)30)33-26-14-6-8-16-28(26)34-29-17-9-7-15-27(29)33/h1-20H. The van der Waals surface area contributed by atoms with E-state index < -0.39 is 0 Å². The summed E-state index contributed by atoms with van der Waals surface area (Å²) in [6.45, 7) is 0. The van der Waals surface area contributed by atoms with E-state index >= 15 is 0 Å². The lowest BCUT2D eigenvalue weighted by molar-refractivity contribution is 0.477. The lowest BCUT2D eigenvalue weighted by Crippen LogP contribution is -2.16. The Morgan fingerprint density at radius 3 is 1.85 bits per heavy atom. The number of aromatic nitrogens is 1. The summed E-state index contributed by atoms with van der Waals surface area (Å²) in [6, 6.07) is 37.9. The number of para-hydroxylation sites is 4. The summed E-state index contributed by atoms with van der Waals surface area (Å²) in [6.07, 6.45) is 3.87. The van der Waals surface area contributed by atoms with E-state index in [0.29, 0.717) is 0 Å². The highest BCUT2D eigenvalue weighted by Crippen LogP contribution is 2.54. The van der Waals surface area contributed by atoms with Crippen molar-refractivity contribution in [2.24, 2.45) is 0 Å². The molecular weight excluding hydrogens is 416 g/mol. The molecule has 0 aliphatic carbocycles. The van der Waals surface area contributed by atoms with Crippen LogP contribution in [-0.2, 0) is 0 Å². The van der Waals surface area contributed by atoms with Crippen LogP contribution >= 0.6 is 0 Å². The molecule has 2 heterocycles. The first-order chi connectivity index (χ1) is 16.9. The second-order valence-corrected chi connectivity index (χ2v) is 8.43. The Morgan fingerprint density at radius 1 is 0.529 bits per heavy atom. The topological polar surface area (TPSA) is 25.4 Å². The molecule has 6 aromatic rings. The Bertz CT molecular complexity index is 1590. The van der Waals surface area contributed by atoms with Crippen molar-refractivity contribution >= 4 is 38.6 Å². The van der Waals surface area contributed by atoms with Gasteiger partial charge in [0.05, 0.1) is 17.1 Å². The summed E-state index contributed by atoms with van der Waals surface area (Å²) < 4.78 is 6.29. The van der Waals surface area contributed by atoms with Crippen molar-refractivity contribution in [2.45, 2.75) is 0 Å². The van der Waals surface area contributed by atoms with Crippen LogP contribution in [0.5, 0.6) is 11.5 Å². The second-order valence-electron chi connectivity index (χ2n) is 8.43. The lowest BCUT2D eigenvalue weighted by Gasteiger charge is -2.34. The van der Waals surface area contributed by atoms with E-state index in [2.05, 4.69) is 94.8 Å². The molecular formula is C31H20N2O. The van der Waals surface area contributed by atoms with Crippen molar-refractivity contribution in [3.63, 3.8) is 0 Å². The van der Waals surface area contributed by atoms with E-state index in [9.17, 15) is 0 Å². The van der Waals surface area contributed by atoms with Crippen molar-refractivity contribution in [3.8, 4) is 22.6 Å².